The van der Waals surface area contributed by atoms with Crippen LogP contribution in [-0.2, 0) is 11.3 Å². The van der Waals surface area contributed by atoms with Crippen LogP contribution in [0.5, 0.6) is 0 Å². The number of nitrogens with two attached hydrogens (primary N) is 1. The molecule has 118 valence electrons. The van der Waals surface area contributed by atoms with Crippen molar-refractivity contribution in [3.63, 3.8) is 0 Å². The zero-order valence-electron chi connectivity index (χ0n) is 13.1. The number of hydrogen-bond acceptors (Lipinski definition) is 3. The van der Waals surface area contributed by atoms with Gasteiger partial charge in [-0.05, 0) is 36.2 Å². The molecule has 0 aliphatic heterocycles. The van der Waals surface area contributed by atoms with E-state index in [1.54, 1.807) is 0 Å². The standard InChI is InChI=1S/C19H20N2O2/c1-15-13-16(10-11-18(15)20)7-5-6-12-21-19(22)23-14-17-8-3-2-4-9-17/h2-4,8-11,13H,6,12,14,20H2,1H3,(H,21,22). The van der Waals surface area contributed by atoms with Gasteiger partial charge in [0.2, 0.25) is 0 Å². The lowest BCUT2D eigenvalue weighted by atomic mass is 10.1. The summed E-state index contributed by atoms with van der Waals surface area (Å²) in [4.78, 5) is 11.5. The molecule has 0 aromatic heterocycles. The molecule has 0 spiro atoms. The number of nitrogen functional groups attached to an aromatic ring is 1. The Kier molecular flexibility index (Phi) is 6.07. The van der Waals surface area contributed by atoms with Crippen LogP contribution in [0.2, 0.25) is 0 Å². The van der Waals surface area contributed by atoms with E-state index in [9.17, 15) is 4.79 Å². The van der Waals surface area contributed by atoms with Crippen molar-refractivity contribution >= 4 is 11.8 Å². The minimum absolute atomic E-state index is 0.267. The summed E-state index contributed by atoms with van der Waals surface area (Å²) in [6, 6.07) is 15.2. The Balaban J connectivity index is 1.68. The lowest BCUT2D eigenvalue weighted by Gasteiger charge is -2.05. The van der Waals surface area contributed by atoms with E-state index in [0.29, 0.717) is 13.0 Å². The maximum absolute atomic E-state index is 11.5. The lowest BCUT2D eigenvalue weighted by molar-refractivity contribution is 0.140. The highest BCUT2D eigenvalue weighted by Crippen LogP contribution is 2.11. The molecule has 0 saturated heterocycles. The minimum atomic E-state index is -0.431. The number of ether oxygens (including phenoxy) is 1. The van der Waals surface area contributed by atoms with Gasteiger partial charge >= 0.3 is 6.09 Å². The zero-order valence-corrected chi connectivity index (χ0v) is 13.1. The number of hydrogen-bond donors (Lipinski definition) is 2. The van der Waals surface area contributed by atoms with Crippen LogP contribution < -0.4 is 11.1 Å². The summed E-state index contributed by atoms with van der Waals surface area (Å²) in [5.74, 6) is 6.06. The molecule has 1 amide bonds. The van der Waals surface area contributed by atoms with Crippen LogP contribution in [0.4, 0.5) is 10.5 Å². The first-order valence-electron chi connectivity index (χ1n) is 7.44. The molecule has 0 unspecified atom stereocenters. The normalized spacial score (nSPS) is 9.61. The van der Waals surface area contributed by atoms with E-state index in [4.69, 9.17) is 10.5 Å². The SMILES string of the molecule is Cc1cc(C#CCCNC(=O)OCc2ccccc2)ccc1N. The Hall–Kier alpha value is -2.93. The number of carbonyl (C=O) groups excluding carboxylic acids is 1. The molecule has 2 aromatic rings. The molecule has 0 saturated carbocycles. The molecule has 0 aliphatic carbocycles. The highest BCUT2D eigenvalue weighted by molar-refractivity contribution is 5.67. The fourth-order valence-electron chi connectivity index (χ4n) is 1.92. The molecule has 3 N–H and O–H groups in total. The molecule has 0 heterocycles. The Bertz CT molecular complexity index is 715. The Morgan fingerprint density at radius 3 is 2.74 bits per heavy atom. The van der Waals surface area contributed by atoms with Crippen LogP contribution in [0, 0.1) is 18.8 Å². The van der Waals surface area contributed by atoms with Gasteiger partial charge in [0.1, 0.15) is 6.61 Å². The Morgan fingerprint density at radius 1 is 1.22 bits per heavy atom. The summed E-state index contributed by atoms with van der Waals surface area (Å²) in [7, 11) is 0. The van der Waals surface area contributed by atoms with Gasteiger partial charge in [-0.2, -0.15) is 0 Å². The number of benzene rings is 2. The Labute approximate surface area is 136 Å². The number of carbonyl (C=O) groups is 1. The lowest BCUT2D eigenvalue weighted by Crippen LogP contribution is -2.24. The van der Waals surface area contributed by atoms with Crippen molar-refractivity contribution < 1.29 is 9.53 Å². The molecule has 23 heavy (non-hydrogen) atoms. The number of rotatable bonds is 4. The number of nitrogens with one attached hydrogen (secondary N) is 1. The summed E-state index contributed by atoms with van der Waals surface area (Å²) in [5, 5.41) is 2.68. The van der Waals surface area contributed by atoms with Crippen molar-refractivity contribution in [2.75, 3.05) is 12.3 Å². The van der Waals surface area contributed by atoms with E-state index in [-0.39, 0.29) is 6.61 Å². The van der Waals surface area contributed by atoms with Crippen LogP contribution in [0.1, 0.15) is 23.1 Å². The third-order valence-corrected chi connectivity index (χ3v) is 3.23. The van der Waals surface area contributed by atoms with Gasteiger partial charge in [0.15, 0.2) is 0 Å². The highest BCUT2D eigenvalue weighted by Gasteiger charge is 2.00. The van der Waals surface area contributed by atoms with Crippen LogP contribution >= 0.6 is 0 Å². The number of alkyl carbamates (subject to hydrolysis) is 1. The van der Waals surface area contributed by atoms with Crippen LogP contribution in [0.3, 0.4) is 0 Å². The zero-order chi connectivity index (χ0) is 16.5. The van der Waals surface area contributed by atoms with Crippen molar-refractivity contribution in [2.24, 2.45) is 0 Å². The van der Waals surface area contributed by atoms with Crippen molar-refractivity contribution in [1.29, 1.82) is 0 Å². The van der Waals surface area contributed by atoms with Crippen LogP contribution in [-0.4, -0.2) is 12.6 Å². The molecule has 0 bridgehead atoms. The van der Waals surface area contributed by atoms with Gasteiger partial charge < -0.3 is 15.8 Å². The topological polar surface area (TPSA) is 64.3 Å². The molecule has 0 aliphatic rings. The summed E-state index contributed by atoms with van der Waals surface area (Å²) < 4.78 is 5.11. The Morgan fingerprint density at radius 2 is 2.00 bits per heavy atom. The van der Waals surface area contributed by atoms with Crippen LogP contribution in [0.25, 0.3) is 0 Å². The van der Waals surface area contributed by atoms with E-state index in [0.717, 1.165) is 22.4 Å². The molecule has 4 nitrogen and oxygen atoms in total. The van der Waals surface area contributed by atoms with Crippen molar-refractivity contribution in [3.05, 3.63) is 65.2 Å². The molecule has 0 fully saturated rings. The molecule has 2 rings (SSSR count). The number of anilines is 1. The van der Waals surface area contributed by atoms with Crippen LogP contribution in [0.15, 0.2) is 48.5 Å². The van der Waals surface area contributed by atoms with E-state index < -0.39 is 6.09 Å². The van der Waals surface area contributed by atoms with Crippen molar-refractivity contribution in [1.82, 2.24) is 5.32 Å². The average molecular weight is 308 g/mol. The fourth-order valence-corrected chi connectivity index (χ4v) is 1.92. The van der Waals surface area contributed by atoms with E-state index >= 15 is 0 Å². The van der Waals surface area contributed by atoms with Gasteiger partial charge in [0.25, 0.3) is 0 Å². The first-order valence-corrected chi connectivity index (χ1v) is 7.44. The number of aryl methyl sites for hydroxylation is 1. The van der Waals surface area contributed by atoms with E-state index in [1.807, 2.05) is 55.5 Å². The minimum Gasteiger partial charge on any atom is -0.445 e. The average Bonchev–Trinajstić information content (AvgIpc) is 2.57. The van der Waals surface area contributed by atoms with Gasteiger partial charge in [-0.3, -0.25) is 0 Å². The van der Waals surface area contributed by atoms with Gasteiger partial charge in [-0.15, -0.1) is 0 Å². The fraction of sp³-hybridized carbons (Fsp3) is 0.211. The molecule has 0 atom stereocenters. The third-order valence-electron chi connectivity index (χ3n) is 3.23. The molecule has 0 radical (unpaired) electrons. The first kappa shape index (κ1) is 16.4. The van der Waals surface area contributed by atoms with Gasteiger partial charge in [-0.25, -0.2) is 4.79 Å². The van der Waals surface area contributed by atoms with Crippen molar-refractivity contribution in [2.45, 2.75) is 20.0 Å². The first-order chi connectivity index (χ1) is 11.1. The van der Waals surface area contributed by atoms with Gasteiger partial charge in [0.05, 0.1) is 0 Å². The molecule has 4 heteroatoms. The second-order valence-electron chi connectivity index (χ2n) is 5.11. The number of amides is 1. The highest BCUT2D eigenvalue weighted by atomic mass is 16.5. The molecular weight excluding hydrogens is 288 g/mol. The van der Waals surface area contributed by atoms with E-state index in [1.165, 1.54) is 0 Å². The second-order valence-corrected chi connectivity index (χ2v) is 5.11. The summed E-state index contributed by atoms with van der Waals surface area (Å²) >= 11 is 0. The molecule has 2 aromatic carbocycles. The predicted octanol–water partition coefficient (Wildman–Crippen LogP) is 3.25. The maximum atomic E-state index is 11.5. The van der Waals surface area contributed by atoms with Crippen molar-refractivity contribution in [3.8, 4) is 11.8 Å². The van der Waals surface area contributed by atoms with E-state index in [2.05, 4.69) is 17.2 Å². The third kappa shape index (κ3) is 5.76. The second kappa shape index (κ2) is 8.50. The quantitative estimate of drug-likeness (QED) is 0.518. The maximum Gasteiger partial charge on any atom is 0.407 e. The van der Waals surface area contributed by atoms with Gasteiger partial charge in [-0.1, -0.05) is 42.2 Å². The van der Waals surface area contributed by atoms with Gasteiger partial charge in [0, 0.05) is 24.2 Å². The predicted molar refractivity (Wildman–Crippen MR) is 91.7 cm³/mol. The smallest absolute Gasteiger partial charge is 0.407 e. The largest absolute Gasteiger partial charge is 0.445 e. The summed E-state index contributed by atoms with van der Waals surface area (Å²) in [6.07, 6.45) is 0.128. The monoisotopic (exact) mass is 308 g/mol. The summed E-state index contributed by atoms with van der Waals surface area (Å²) in [5.41, 5.74) is 9.41. The summed E-state index contributed by atoms with van der Waals surface area (Å²) in [6.45, 7) is 2.67. The molecular formula is C19H20N2O2.